The normalized spacial score (nSPS) is 14.8. The molecule has 1 atom stereocenters. The molecule has 7 heteroatoms. The van der Waals surface area contributed by atoms with Crippen LogP contribution in [-0.2, 0) is 0 Å². The first-order chi connectivity index (χ1) is 11.0. The van der Waals surface area contributed by atoms with Gasteiger partial charge in [-0.2, -0.15) is 5.10 Å². The van der Waals surface area contributed by atoms with E-state index in [4.69, 9.17) is 17.3 Å². The predicted molar refractivity (Wildman–Crippen MR) is 98.3 cm³/mol. The average molecular weight is 369 g/mol. The maximum Gasteiger partial charge on any atom is 0.251 e. The van der Waals surface area contributed by atoms with Crippen LogP contribution in [0.25, 0.3) is 5.69 Å². The summed E-state index contributed by atoms with van der Waals surface area (Å²) in [4.78, 5) is 12.2. The molecule has 1 aliphatic carbocycles. The van der Waals surface area contributed by atoms with E-state index in [1.54, 1.807) is 16.8 Å². The largest absolute Gasteiger partial charge is 0.350 e. The van der Waals surface area contributed by atoms with Gasteiger partial charge in [0, 0.05) is 18.2 Å². The minimum atomic E-state index is -0.0981. The highest BCUT2D eigenvalue weighted by Gasteiger charge is 2.28. The van der Waals surface area contributed by atoms with E-state index in [1.807, 2.05) is 26.0 Å². The van der Waals surface area contributed by atoms with E-state index in [9.17, 15) is 4.79 Å². The monoisotopic (exact) mass is 368 g/mol. The average Bonchev–Trinajstić information content (AvgIpc) is 3.37. The molecule has 0 bridgehead atoms. The van der Waals surface area contributed by atoms with Gasteiger partial charge in [0.25, 0.3) is 5.91 Å². The molecule has 1 saturated carbocycles. The summed E-state index contributed by atoms with van der Waals surface area (Å²) >= 11 is 6.17. The molecule has 3 rings (SSSR count). The van der Waals surface area contributed by atoms with Crippen LogP contribution in [0.5, 0.6) is 0 Å². The number of benzene rings is 1. The molecule has 0 saturated heterocycles. The number of carbonyl (C=O) groups excluding carboxylic acids is 1. The molecule has 1 aromatic carbocycles. The number of hydrogen-bond acceptors (Lipinski definition) is 3. The van der Waals surface area contributed by atoms with E-state index < -0.39 is 0 Å². The third-order valence-electron chi connectivity index (χ3n) is 4.30. The molecule has 2 aromatic rings. The smallest absolute Gasteiger partial charge is 0.251 e. The Labute approximate surface area is 153 Å². The number of carbonyl (C=O) groups is 1. The molecule has 1 fully saturated rings. The second-order valence-electron chi connectivity index (χ2n) is 6.15. The van der Waals surface area contributed by atoms with Gasteiger partial charge < -0.3 is 11.1 Å². The van der Waals surface area contributed by atoms with E-state index in [2.05, 4.69) is 10.4 Å². The van der Waals surface area contributed by atoms with E-state index >= 15 is 0 Å². The van der Waals surface area contributed by atoms with Crippen LogP contribution < -0.4 is 11.1 Å². The molecule has 0 aliphatic heterocycles. The quantitative estimate of drug-likeness (QED) is 0.851. The second kappa shape index (κ2) is 7.55. The van der Waals surface area contributed by atoms with Crippen LogP contribution in [-0.4, -0.2) is 28.3 Å². The van der Waals surface area contributed by atoms with E-state index in [0.29, 0.717) is 23.0 Å². The summed E-state index contributed by atoms with van der Waals surface area (Å²) in [6.07, 6.45) is 2.36. The third-order valence-corrected chi connectivity index (χ3v) is 4.85. The Balaban J connectivity index is 0.00000208. The Hall–Kier alpha value is -1.56. The van der Waals surface area contributed by atoms with Gasteiger partial charge in [-0.3, -0.25) is 4.79 Å². The molecule has 24 heavy (non-hydrogen) atoms. The lowest BCUT2D eigenvalue weighted by Gasteiger charge is -2.12. The zero-order valence-corrected chi connectivity index (χ0v) is 15.3. The fourth-order valence-corrected chi connectivity index (χ4v) is 2.75. The summed E-state index contributed by atoms with van der Waals surface area (Å²) in [5.41, 5.74) is 9.17. The van der Waals surface area contributed by atoms with Gasteiger partial charge in [0.05, 0.1) is 22.1 Å². The number of nitrogens with zero attached hydrogens (tertiary/aromatic N) is 2. The number of amides is 1. The van der Waals surface area contributed by atoms with Crippen molar-refractivity contribution in [2.75, 3.05) is 6.54 Å². The molecular formula is C17H22Cl2N4O. The maximum atomic E-state index is 12.2. The summed E-state index contributed by atoms with van der Waals surface area (Å²) in [7, 11) is 0. The van der Waals surface area contributed by atoms with Crippen LogP contribution in [0.2, 0.25) is 5.02 Å². The highest BCUT2D eigenvalue weighted by molar-refractivity contribution is 6.31. The van der Waals surface area contributed by atoms with Crippen LogP contribution in [0.3, 0.4) is 0 Å². The molecule has 0 radical (unpaired) electrons. The molecule has 0 spiro atoms. The van der Waals surface area contributed by atoms with Crippen molar-refractivity contribution >= 4 is 29.9 Å². The van der Waals surface area contributed by atoms with E-state index in [-0.39, 0.29) is 24.4 Å². The van der Waals surface area contributed by atoms with Crippen LogP contribution >= 0.6 is 24.0 Å². The van der Waals surface area contributed by atoms with Crippen molar-refractivity contribution in [1.29, 1.82) is 0 Å². The fraction of sp³-hybridized carbons (Fsp3) is 0.412. The van der Waals surface area contributed by atoms with Gasteiger partial charge in [0.2, 0.25) is 0 Å². The van der Waals surface area contributed by atoms with Crippen LogP contribution in [0, 0.1) is 19.8 Å². The number of halogens is 2. The lowest BCUT2D eigenvalue weighted by molar-refractivity contribution is 0.0950. The lowest BCUT2D eigenvalue weighted by atomic mass is 10.1. The van der Waals surface area contributed by atoms with Crippen molar-refractivity contribution in [1.82, 2.24) is 15.1 Å². The molecule has 1 unspecified atom stereocenters. The Morgan fingerprint density at radius 1 is 1.38 bits per heavy atom. The van der Waals surface area contributed by atoms with Gasteiger partial charge in [0.1, 0.15) is 0 Å². The van der Waals surface area contributed by atoms with Crippen LogP contribution in [0.1, 0.15) is 34.6 Å². The van der Waals surface area contributed by atoms with Crippen LogP contribution in [0.4, 0.5) is 0 Å². The van der Waals surface area contributed by atoms with Gasteiger partial charge in [-0.25, -0.2) is 4.68 Å². The van der Waals surface area contributed by atoms with Crippen molar-refractivity contribution in [3.63, 3.8) is 0 Å². The minimum absolute atomic E-state index is 0. The molecule has 3 N–H and O–H groups in total. The topological polar surface area (TPSA) is 72.9 Å². The molecule has 1 aromatic heterocycles. The summed E-state index contributed by atoms with van der Waals surface area (Å²) in [5.74, 6) is 0.479. The Kier molecular flexibility index (Phi) is 5.91. The highest BCUT2D eigenvalue weighted by Crippen LogP contribution is 2.31. The Morgan fingerprint density at radius 2 is 2.00 bits per heavy atom. The van der Waals surface area contributed by atoms with Gasteiger partial charge in [-0.15, -0.1) is 12.4 Å². The first-order valence-electron chi connectivity index (χ1n) is 7.83. The first-order valence-corrected chi connectivity index (χ1v) is 8.21. The molecule has 1 aliphatic rings. The highest BCUT2D eigenvalue weighted by atomic mass is 35.5. The maximum absolute atomic E-state index is 12.2. The predicted octanol–water partition coefficient (Wildman–Crippen LogP) is 3.03. The van der Waals surface area contributed by atoms with Gasteiger partial charge in [-0.05, 0) is 56.9 Å². The zero-order chi connectivity index (χ0) is 16.6. The lowest BCUT2D eigenvalue weighted by Crippen LogP contribution is -2.38. The van der Waals surface area contributed by atoms with Gasteiger partial charge in [-0.1, -0.05) is 11.6 Å². The van der Waals surface area contributed by atoms with Gasteiger partial charge in [0.15, 0.2) is 0 Å². The number of nitrogens with two attached hydrogens (primary N) is 1. The number of aromatic nitrogens is 2. The summed E-state index contributed by atoms with van der Waals surface area (Å²) in [6.45, 7) is 4.32. The summed E-state index contributed by atoms with van der Waals surface area (Å²) in [5, 5.41) is 7.97. The molecule has 5 nitrogen and oxygen atoms in total. The van der Waals surface area contributed by atoms with Crippen molar-refractivity contribution in [2.24, 2.45) is 11.7 Å². The van der Waals surface area contributed by atoms with Crippen molar-refractivity contribution in [3.8, 4) is 5.69 Å². The standard InChI is InChI=1S/C17H21ClN4O.ClH/c1-10-16(18)11(2)22(21-10)14-7-5-13(6-8-14)17(23)20-9-15(19)12-3-4-12;/h5-8,12,15H,3-4,9,19H2,1-2H3,(H,20,23);1H. The van der Waals surface area contributed by atoms with Crippen molar-refractivity contribution in [2.45, 2.75) is 32.7 Å². The third kappa shape index (κ3) is 3.91. The minimum Gasteiger partial charge on any atom is -0.350 e. The molecule has 130 valence electrons. The number of hydrogen-bond donors (Lipinski definition) is 2. The summed E-state index contributed by atoms with van der Waals surface area (Å²) < 4.78 is 1.78. The SMILES string of the molecule is Cc1nn(-c2ccc(C(=O)NCC(N)C3CC3)cc2)c(C)c1Cl.Cl. The zero-order valence-electron chi connectivity index (χ0n) is 13.8. The Bertz CT molecular complexity index is 723. The van der Waals surface area contributed by atoms with E-state index in [0.717, 1.165) is 17.1 Å². The second-order valence-corrected chi connectivity index (χ2v) is 6.53. The summed E-state index contributed by atoms with van der Waals surface area (Å²) in [6, 6.07) is 7.38. The molecule has 1 amide bonds. The van der Waals surface area contributed by atoms with E-state index in [1.165, 1.54) is 12.8 Å². The number of rotatable bonds is 5. The molecule has 1 heterocycles. The Morgan fingerprint density at radius 3 is 2.50 bits per heavy atom. The van der Waals surface area contributed by atoms with Crippen molar-refractivity contribution in [3.05, 3.63) is 46.2 Å². The first kappa shape index (κ1) is 18.8. The van der Waals surface area contributed by atoms with Crippen molar-refractivity contribution < 1.29 is 4.79 Å². The number of aryl methyl sites for hydroxylation is 1. The van der Waals surface area contributed by atoms with Gasteiger partial charge >= 0.3 is 0 Å². The fourth-order valence-electron chi connectivity index (χ4n) is 2.63. The van der Waals surface area contributed by atoms with Crippen LogP contribution in [0.15, 0.2) is 24.3 Å². The number of nitrogens with one attached hydrogen (secondary N) is 1. The molecular weight excluding hydrogens is 347 g/mol.